The van der Waals surface area contributed by atoms with E-state index in [1.165, 1.54) is 250 Å². The summed E-state index contributed by atoms with van der Waals surface area (Å²) in [6.45, 7) is 4.66. The Morgan fingerprint density at radius 2 is 0.794 bits per heavy atom. The van der Waals surface area contributed by atoms with E-state index in [2.05, 4.69) is 19.2 Å². The van der Waals surface area contributed by atoms with E-state index in [1.807, 2.05) is 27.2 Å². The van der Waals surface area contributed by atoms with Gasteiger partial charge in [0.2, 0.25) is 5.91 Å². The number of carbonyl (C=O) groups is 1. The van der Waals surface area contributed by atoms with Crippen LogP contribution in [0.1, 0.15) is 309 Å². The van der Waals surface area contributed by atoms with Crippen LogP contribution in [-0.4, -0.2) is 68.5 Å². The highest BCUT2D eigenvalue weighted by Gasteiger charge is 2.23. The fourth-order valence-corrected chi connectivity index (χ4v) is 10.00. The van der Waals surface area contributed by atoms with E-state index < -0.39 is 20.0 Å². The zero-order chi connectivity index (χ0) is 49.9. The summed E-state index contributed by atoms with van der Waals surface area (Å²) in [5.74, 6) is -0.193. The molecule has 0 fully saturated rings. The van der Waals surface area contributed by atoms with Gasteiger partial charge in [-0.1, -0.05) is 296 Å². The molecule has 1 unspecified atom stereocenters. The van der Waals surface area contributed by atoms with E-state index in [0.29, 0.717) is 17.4 Å². The normalized spacial score (nSPS) is 13.9. The quantitative estimate of drug-likeness (QED) is 0.0272. The fraction of sp³-hybridized carbons (Fsp3) is 0.949. The van der Waals surface area contributed by atoms with Gasteiger partial charge >= 0.3 is 0 Å². The first-order valence-electron chi connectivity index (χ1n) is 30.1. The van der Waals surface area contributed by atoms with Crippen molar-refractivity contribution in [3.05, 3.63) is 12.2 Å². The lowest BCUT2D eigenvalue weighted by Crippen LogP contribution is -2.45. The van der Waals surface area contributed by atoms with Crippen LogP contribution in [0.15, 0.2) is 12.2 Å². The first-order valence-corrected chi connectivity index (χ1v) is 31.5. The highest BCUT2D eigenvalue weighted by Crippen LogP contribution is 2.38. The average Bonchev–Trinajstić information content (AvgIpc) is 3.30. The van der Waals surface area contributed by atoms with Crippen molar-refractivity contribution in [2.45, 2.75) is 321 Å². The van der Waals surface area contributed by atoms with Gasteiger partial charge in [-0.3, -0.25) is 9.36 Å². The summed E-state index contributed by atoms with van der Waals surface area (Å²) in [5, 5.41) is 13.8. The Bertz CT molecular complexity index is 1120. The Morgan fingerprint density at radius 3 is 1.10 bits per heavy atom. The molecule has 406 valence electrons. The third kappa shape index (κ3) is 53.0. The van der Waals surface area contributed by atoms with Crippen molar-refractivity contribution in [3.63, 3.8) is 0 Å². The van der Waals surface area contributed by atoms with Crippen molar-refractivity contribution in [1.29, 1.82) is 0 Å². The summed E-state index contributed by atoms with van der Waals surface area (Å²) in [5.41, 5.74) is 0. The number of nitrogens with one attached hydrogen (secondary N) is 1. The van der Waals surface area contributed by atoms with Gasteiger partial charge in [-0.25, -0.2) is 0 Å². The highest BCUT2D eigenvalue weighted by molar-refractivity contribution is 7.45. The summed E-state index contributed by atoms with van der Waals surface area (Å²) in [4.78, 5) is 25.4. The highest BCUT2D eigenvalue weighted by atomic mass is 31.2. The minimum Gasteiger partial charge on any atom is -0.756 e. The molecule has 0 spiro atoms. The van der Waals surface area contributed by atoms with Gasteiger partial charge in [0.15, 0.2) is 0 Å². The third-order valence-electron chi connectivity index (χ3n) is 14.0. The largest absolute Gasteiger partial charge is 0.756 e. The van der Waals surface area contributed by atoms with Gasteiger partial charge in [-0.2, -0.15) is 0 Å². The van der Waals surface area contributed by atoms with Crippen LogP contribution in [0.5, 0.6) is 0 Å². The molecule has 0 aromatic heterocycles. The van der Waals surface area contributed by atoms with Crippen LogP contribution in [0, 0.1) is 0 Å². The van der Waals surface area contributed by atoms with Gasteiger partial charge in [0.1, 0.15) is 13.2 Å². The summed E-state index contributed by atoms with van der Waals surface area (Å²) in [6, 6.07) is -0.880. The first kappa shape index (κ1) is 67.2. The number of allylic oxidation sites excluding steroid dienone is 1. The standard InChI is InChI=1S/C59H119N2O6P/c1-6-8-10-12-14-16-18-19-20-21-22-23-24-25-26-27-28-29-30-31-32-33-34-35-36-37-38-39-40-41-42-43-45-47-49-51-53-59(63)60-57(56-67-68(64,65)66-55-54-61(3,4)5)58(62)52-50-48-46-44-17-15-13-11-9-7-2/h50,52,57-58,62H,6-49,51,53-56H2,1-5H3,(H-,60,63,64,65)/b52-50+/t57-,58+/m0/s1. The maximum Gasteiger partial charge on any atom is 0.268 e. The Labute approximate surface area is 424 Å². The van der Waals surface area contributed by atoms with Crippen LogP contribution < -0.4 is 10.2 Å². The number of likely N-dealkylation sites (N-methyl/N-ethyl adjacent to an activating group) is 1. The Balaban J connectivity index is 3.82. The van der Waals surface area contributed by atoms with E-state index in [4.69, 9.17) is 9.05 Å². The molecule has 8 nitrogen and oxygen atoms in total. The first-order chi connectivity index (χ1) is 33.0. The van der Waals surface area contributed by atoms with E-state index in [-0.39, 0.29) is 19.1 Å². The lowest BCUT2D eigenvalue weighted by Gasteiger charge is -2.29. The fourth-order valence-electron chi connectivity index (χ4n) is 9.27. The number of hydrogen-bond acceptors (Lipinski definition) is 6. The molecule has 0 heterocycles. The predicted octanol–water partition coefficient (Wildman–Crippen LogP) is 17.6. The molecule has 0 aliphatic heterocycles. The van der Waals surface area contributed by atoms with Crippen molar-refractivity contribution < 1.29 is 32.9 Å². The minimum absolute atomic E-state index is 0.00211. The molecule has 0 rings (SSSR count). The molecule has 0 radical (unpaired) electrons. The Morgan fingerprint density at radius 1 is 0.500 bits per heavy atom. The molecular weight excluding hydrogens is 864 g/mol. The number of rotatable bonds is 56. The number of quaternary nitrogens is 1. The number of phosphoric ester groups is 1. The smallest absolute Gasteiger partial charge is 0.268 e. The molecule has 0 saturated carbocycles. The molecule has 0 bridgehead atoms. The van der Waals surface area contributed by atoms with Crippen LogP contribution >= 0.6 is 7.82 Å². The maximum atomic E-state index is 12.9. The summed E-state index contributed by atoms with van der Waals surface area (Å²) in [7, 11) is 1.27. The van der Waals surface area contributed by atoms with Crippen LogP contribution in [0.25, 0.3) is 0 Å². The number of aliphatic hydroxyl groups is 1. The molecule has 0 aliphatic rings. The molecule has 0 aromatic rings. The number of nitrogens with zero attached hydrogens (tertiary/aromatic N) is 1. The van der Waals surface area contributed by atoms with Gasteiger partial charge in [0.25, 0.3) is 7.82 Å². The number of aliphatic hydroxyl groups excluding tert-OH is 1. The van der Waals surface area contributed by atoms with Crippen LogP contribution in [0.3, 0.4) is 0 Å². The molecular formula is C59H119N2O6P. The minimum atomic E-state index is -4.58. The zero-order valence-corrected chi connectivity index (χ0v) is 47.2. The van der Waals surface area contributed by atoms with Gasteiger partial charge in [0.05, 0.1) is 39.9 Å². The number of amides is 1. The predicted molar refractivity (Wildman–Crippen MR) is 293 cm³/mol. The zero-order valence-electron chi connectivity index (χ0n) is 46.3. The molecule has 2 N–H and O–H groups in total. The topological polar surface area (TPSA) is 108 Å². The van der Waals surface area contributed by atoms with Crippen LogP contribution in [0.4, 0.5) is 0 Å². The SMILES string of the molecule is CCCCCCCCCC/C=C/[C@@H](O)[C@H](COP(=O)([O-])OCC[N+](C)(C)C)NC(=O)CCCCCCCCCCCCCCCCCCCCCCCCCCCCCCCCCCCCCC. The Kier molecular flexibility index (Phi) is 50.6. The number of phosphoric acid groups is 1. The van der Waals surface area contributed by atoms with Crippen molar-refractivity contribution >= 4 is 13.7 Å². The molecule has 0 saturated heterocycles. The monoisotopic (exact) mass is 983 g/mol. The van der Waals surface area contributed by atoms with Gasteiger partial charge in [-0.05, 0) is 19.3 Å². The van der Waals surface area contributed by atoms with Crippen LogP contribution in [0.2, 0.25) is 0 Å². The summed E-state index contributed by atoms with van der Waals surface area (Å²) >= 11 is 0. The average molecular weight is 984 g/mol. The molecule has 0 aromatic carbocycles. The van der Waals surface area contributed by atoms with E-state index in [0.717, 1.165) is 38.5 Å². The van der Waals surface area contributed by atoms with Gasteiger partial charge in [0, 0.05) is 6.42 Å². The maximum absolute atomic E-state index is 12.9. The van der Waals surface area contributed by atoms with E-state index in [9.17, 15) is 19.4 Å². The second-order valence-electron chi connectivity index (χ2n) is 22.1. The molecule has 9 heteroatoms. The van der Waals surface area contributed by atoms with E-state index >= 15 is 0 Å². The van der Waals surface area contributed by atoms with Crippen molar-refractivity contribution in [2.24, 2.45) is 0 Å². The summed E-state index contributed by atoms with van der Waals surface area (Å²) in [6.07, 6.45) is 63.4. The molecule has 0 aliphatic carbocycles. The number of carbonyl (C=O) groups excluding carboxylic acids is 1. The molecule has 1 amide bonds. The second-order valence-corrected chi connectivity index (χ2v) is 23.5. The van der Waals surface area contributed by atoms with Crippen LogP contribution in [-0.2, 0) is 18.4 Å². The van der Waals surface area contributed by atoms with Crippen molar-refractivity contribution in [3.8, 4) is 0 Å². The van der Waals surface area contributed by atoms with Gasteiger partial charge in [-0.15, -0.1) is 0 Å². The molecule has 68 heavy (non-hydrogen) atoms. The van der Waals surface area contributed by atoms with Gasteiger partial charge < -0.3 is 28.8 Å². The van der Waals surface area contributed by atoms with E-state index in [1.54, 1.807) is 6.08 Å². The lowest BCUT2D eigenvalue weighted by molar-refractivity contribution is -0.870. The second kappa shape index (κ2) is 51.2. The van der Waals surface area contributed by atoms with Crippen molar-refractivity contribution in [2.75, 3.05) is 40.9 Å². The number of hydrogen-bond donors (Lipinski definition) is 2. The van der Waals surface area contributed by atoms with Crippen molar-refractivity contribution in [1.82, 2.24) is 5.32 Å². The number of unbranched alkanes of at least 4 members (excludes halogenated alkanes) is 43. The lowest BCUT2D eigenvalue weighted by atomic mass is 10.0. The Hall–Kier alpha value is -0.760. The molecule has 3 atom stereocenters. The summed E-state index contributed by atoms with van der Waals surface area (Å²) < 4.78 is 23.2. The third-order valence-corrected chi connectivity index (χ3v) is 15.0.